The average Bonchev–Trinajstić information content (AvgIpc) is 2.85. The van der Waals surface area contributed by atoms with Gasteiger partial charge in [-0.25, -0.2) is 18.2 Å². The number of nitrogens with zero attached hydrogens (tertiary/aromatic N) is 2. The van der Waals surface area contributed by atoms with Gasteiger partial charge in [0.15, 0.2) is 5.78 Å². The molecule has 0 aliphatic rings. The van der Waals surface area contributed by atoms with E-state index in [1.165, 1.54) is 38.3 Å². The van der Waals surface area contributed by atoms with E-state index in [9.17, 15) is 13.2 Å². The van der Waals surface area contributed by atoms with Crippen molar-refractivity contribution >= 4 is 21.8 Å². The topological polar surface area (TPSA) is 114 Å². The van der Waals surface area contributed by atoms with E-state index in [-0.39, 0.29) is 22.6 Å². The van der Waals surface area contributed by atoms with Crippen LogP contribution in [-0.2, 0) is 10.0 Å². The smallest absolute Gasteiger partial charge is 0.336 e. The standard InChI is InChI=1S/C11H12N4O4S/c1-7(16)8-3-5-9(6-4-8)20(17,18)15-10-12-11(19-2)14-13-10/h3-6H,1-2H3,(H2,12,13,14,15). The lowest BCUT2D eigenvalue weighted by Crippen LogP contribution is -2.14. The van der Waals surface area contributed by atoms with Gasteiger partial charge in [0.05, 0.1) is 12.0 Å². The molecule has 0 saturated carbocycles. The lowest BCUT2D eigenvalue weighted by molar-refractivity contribution is 0.101. The maximum atomic E-state index is 12.1. The molecule has 2 N–H and O–H groups in total. The SMILES string of the molecule is COc1n[nH]c(NS(=O)(=O)c2ccc(C(C)=O)cc2)n1. The number of sulfonamides is 1. The Morgan fingerprint density at radius 1 is 1.30 bits per heavy atom. The van der Waals surface area contributed by atoms with Gasteiger partial charge in [0.2, 0.25) is 5.95 Å². The molecular formula is C11H12N4O4S. The zero-order valence-corrected chi connectivity index (χ0v) is 11.6. The fourth-order valence-corrected chi connectivity index (χ4v) is 2.40. The zero-order valence-electron chi connectivity index (χ0n) is 10.7. The van der Waals surface area contributed by atoms with Crippen LogP contribution in [0.1, 0.15) is 17.3 Å². The summed E-state index contributed by atoms with van der Waals surface area (Å²) in [7, 11) is -2.44. The van der Waals surface area contributed by atoms with Crippen molar-refractivity contribution < 1.29 is 17.9 Å². The summed E-state index contributed by atoms with van der Waals surface area (Å²) in [5, 5.41) is 6.00. The van der Waals surface area contributed by atoms with Crippen molar-refractivity contribution in [2.75, 3.05) is 11.8 Å². The number of ketones is 1. The second-order valence-corrected chi connectivity index (χ2v) is 5.54. The Balaban J connectivity index is 2.23. The van der Waals surface area contributed by atoms with E-state index in [1.54, 1.807) is 0 Å². The van der Waals surface area contributed by atoms with Crippen LogP contribution in [0.25, 0.3) is 0 Å². The highest BCUT2D eigenvalue weighted by Crippen LogP contribution is 2.15. The number of aromatic nitrogens is 3. The third kappa shape index (κ3) is 2.94. The number of hydrogen-bond acceptors (Lipinski definition) is 6. The lowest BCUT2D eigenvalue weighted by Gasteiger charge is -2.05. The second-order valence-electron chi connectivity index (χ2n) is 3.86. The molecule has 1 heterocycles. The Bertz CT molecular complexity index is 721. The first-order valence-electron chi connectivity index (χ1n) is 5.52. The van der Waals surface area contributed by atoms with E-state index >= 15 is 0 Å². The van der Waals surface area contributed by atoms with Crippen LogP contribution in [0, 0.1) is 0 Å². The van der Waals surface area contributed by atoms with Crippen molar-refractivity contribution in [3.8, 4) is 6.01 Å². The third-order valence-electron chi connectivity index (χ3n) is 2.45. The van der Waals surface area contributed by atoms with Gasteiger partial charge in [-0.15, -0.1) is 5.10 Å². The van der Waals surface area contributed by atoms with Crippen LogP contribution < -0.4 is 9.46 Å². The van der Waals surface area contributed by atoms with Crippen LogP contribution in [0.3, 0.4) is 0 Å². The van der Waals surface area contributed by atoms with E-state index in [2.05, 4.69) is 19.9 Å². The molecule has 0 amide bonds. The van der Waals surface area contributed by atoms with Gasteiger partial charge < -0.3 is 4.74 Å². The van der Waals surface area contributed by atoms with E-state index in [1.807, 2.05) is 0 Å². The molecule has 0 atom stereocenters. The predicted molar refractivity (Wildman–Crippen MR) is 70.2 cm³/mol. The predicted octanol–water partition coefficient (Wildman–Crippen LogP) is 0.817. The number of anilines is 1. The number of ether oxygens (including phenoxy) is 1. The fraction of sp³-hybridized carbons (Fsp3) is 0.182. The number of benzene rings is 1. The van der Waals surface area contributed by atoms with Crippen molar-refractivity contribution in [1.29, 1.82) is 0 Å². The van der Waals surface area contributed by atoms with Crippen molar-refractivity contribution in [2.24, 2.45) is 0 Å². The molecule has 2 aromatic rings. The van der Waals surface area contributed by atoms with Gasteiger partial charge >= 0.3 is 6.01 Å². The van der Waals surface area contributed by atoms with Gasteiger partial charge in [0.25, 0.3) is 10.0 Å². The maximum Gasteiger partial charge on any atom is 0.336 e. The molecule has 0 bridgehead atoms. The van der Waals surface area contributed by atoms with Crippen LogP contribution in [0.5, 0.6) is 6.01 Å². The van der Waals surface area contributed by atoms with E-state index in [4.69, 9.17) is 4.74 Å². The van der Waals surface area contributed by atoms with Gasteiger partial charge in [-0.3, -0.25) is 4.79 Å². The molecule has 1 aromatic carbocycles. The second kappa shape index (κ2) is 5.29. The number of methoxy groups -OCH3 is 1. The summed E-state index contributed by atoms with van der Waals surface area (Å²) >= 11 is 0. The highest BCUT2D eigenvalue weighted by atomic mass is 32.2. The van der Waals surface area contributed by atoms with Crippen molar-refractivity contribution in [1.82, 2.24) is 15.2 Å². The molecule has 0 fully saturated rings. The summed E-state index contributed by atoms with van der Waals surface area (Å²) in [5.41, 5.74) is 0.435. The highest BCUT2D eigenvalue weighted by molar-refractivity contribution is 7.92. The Morgan fingerprint density at radius 2 is 1.95 bits per heavy atom. The molecule has 0 radical (unpaired) electrons. The summed E-state index contributed by atoms with van der Waals surface area (Å²) < 4.78 is 31.1. The van der Waals surface area contributed by atoms with Crippen molar-refractivity contribution in [2.45, 2.75) is 11.8 Å². The number of H-pyrrole nitrogens is 1. The van der Waals surface area contributed by atoms with Crippen LogP contribution in [0.15, 0.2) is 29.2 Å². The Kier molecular flexibility index (Phi) is 3.70. The Hall–Kier alpha value is -2.42. The summed E-state index contributed by atoms with van der Waals surface area (Å²) in [6.07, 6.45) is 0. The van der Waals surface area contributed by atoms with Gasteiger partial charge in [0.1, 0.15) is 0 Å². The molecule has 20 heavy (non-hydrogen) atoms. The number of carbonyl (C=O) groups excluding carboxylic acids is 1. The minimum atomic E-state index is -3.80. The maximum absolute atomic E-state index is 12.1. The summed E-state index contributed by atoms with van der Waals surface area (Å²) in [6.45, 7) is 1.41. The van der Waals surface area contributed by atoms with Gasteiger partial charge in [-0.2, -0.15) is 4.98 Å². The number of hydrogen-bond donors (Lipinski definition) is 2. The number of nitrogens with one attached hydrogen (secondary N) is 2. The van der Waals surface area contributed by atoms with Gasteiger partial charge in [0, 0.05) is 5.56 Å². The van der Waals surface area contributed by atoms with Crippen LogP contribution in [-0.4, -0.2) is 36.5 Å². The first kappa shape index (κ1) is 14.0. The number of rotatable bonds is 5. The number of aromatic amines is 1. The quantitative estimate of drug-likeness (QED) is 0.789. The van der Waals surface area contributed by atoms with Gasteiger partial charge in [-0.1, -0.05) is 12.1 Å². The zero-order chi connectivity index (χ0) is 14.8. The monoisotopic (exact) mass is 296 g/mol. The van der Waals surface area contributed by atoms with Crippen molar-refractivity contribution in [3.63, 3.8) is 0 Å². The fourth-order valence-electron chi connectivity index (χ4n) is 1.44. The molecule has 9 heteroatoms. The third-order valence-corrected chi connectivity index (χ3v) is 3.80. The first-order valence-corrected chi connectivity index (χ1v) is 7.01. The van der Waals surface area contributed by atoms with Crippen LogP contribution in [0.2, 0.25) is 0 Å². The van der Waals surface area contributed by atoms with Gasteiger partial charge in [-0.05, 0) is 19.1 Å². The molecule has 0 aliphatic heterocycles. The van der Waals surface area contributed by atoms with E-state index in [0.717, 1.165) is 0 Å². The Morgan fingerprint density at radius 3 is 2.45 bits per heavy atom. The molecule has 0 unspecified atom stereocenters. The van der Waals surface area contributed by atoms with E-state index in [0.29, 0.717) is 5.56 Å². The average molecular weight is 296 g/mol. The molecule has 0 spiro atoms. The normalized spacial score (nSPS) is 11.1. The molecule has 1 aromatic heterocycles. The van der Waals surface area contributed by atoms with E-state index < -0.39 is 10.0 Å². The van der Waals surface area contributed by atoms with Crippen LogP contribution in [0.4, 0.5) is 5.95 Å². The summed E-state index contributed by atoms with van der Waals surface area (Å²) in [4.78, 5) is 14.9. The first-order chi connectivity index (χ1) is 9.42. The lowest BCUT2D eigenvalue weighted by atomic mass is 10.2. The highest BCUT2D eigenvalue weighted by Gasteiger charge is 2.16. The molecule has 0 aliphatic carbocycles. The molecular weight excluding hydrogens is 284 g/mol. The Labute approximate surface area is 115 Å². The summed E-state index contributed by atoms with van der Waals surface area (Å²) in [5.74, 6) is -0.195. The molecule has 0 saturated heterocycles. The van der Waals surface area contributed by atoms with Crippen molar-refractivity contribution in [3.05, 3.63) is 29.8 Å². The summed E-state index contributed by atoms with van der Waals surface area (Å²) in [6, 6.07) is 5.59. The number of carbonyl (C=O) groups is 1. The largest absolute Gasteiger partial charge is 0.466 e. The minimum Gasteiger partial charge on any atom is -0.466 e. The molecule has 2 rings (SSSR count). The van der Waals surface area contributed by atoms with Crippen LogP contribution >= 0.6 is 0 Å². The minimum absolute atomic E-state index is 0.0119. The molecule has 8 nitrogen and oxygen atoms in total. The molecule has 106 valence electrons. The number of Topliss-reactive ketones (excluding diaryl/α,β-unsaturated/α-hetero) is 1.